The van der Waals surface area contributed by atoms with Crippen molar-refractivity contribution >= 4 is 12.2 Å². The van der Waals surface area contributed by atoms with Crippen LogP contribution in [0.15, 0.2) is 35.5 Å². The number of aryl methyl sites for hydroxylation is 1. The molecule has 5 nitrogen and oxygen atoms in total. The Hall–Kier alpha value is -2.56. The van der Waals surface area contributed by atoms with Crippen molar-refractivity contribution in [3.05, 3.63) is 52.8 Å². The Morgan fingerprint density at radius 1 is 1.26 bits per heavy atom. The topological polar surface area (TPSA) is 74.8 Å². The molecule has 0 saturated heterocycles. The normalized spacial score (nSPS) is 11.1. The monoisotopic (exact) mass is 258 g/mol. The number of aromatic nitrogens is 1. The van der Waals surface area contributed by atoms with Crippen LogP contribution in [0.1, 0.15) is 27.3 Å². The highest BCUT2D eigenvalue weighted by atomic mass is 16.4. The van der Waals surface area contributed by atoms with Crippen molar-refractivity contribution in [2.45, 2.75) is 13.8 Å². The summed E-state index contributed by atoms with van der Waals surface area (Å²) in [5, 5.41) is 20.5. The summed E-state index contributed by atoms with van der Waals surface area (Å²) < 4.78 is 1.97. The van der Waals surface area contributed by atoms with Gasteiger partial charge in [-0.25, -0.2) is 4.79 Å². The van der Waals surface area contributed by atoms with E-state index in [1.54, 1.807) is 24.3 Å². The van der Waals surface area contributed by atoms with Gasteiger partial charge >= 0.3 is 5.97 Å². The predicted octanol–water partition coefficient (Wildman–Crippen LogP) is 2.60. The molecule has 1 aromatic heterocycles. The Kier molecular flexibility index (Phi) is 3.37. The van der Waals surface area contributed by atoms with E-state index in [2.05, 4.69) is 5.16 Å². The molecule has 0 atom stereocenters. The first kappa shape index (κ1) is 12.9. The van der Waals surface area contributed by atoms with E-state index in [1.165, 1.54) is 6.21 Å². The number of hydrogen-bond donors (Lipinski definition) is 2. The van der Waals surface area contributed by atoms with Crippen molar-refractivity contribution in [2.24, 2.45) is 5.16 Å². The second-order valence-corrected chi connectivity index (χ2v) is 4.26. The number of hydrogen-bond acceptors (Lipinski definition) is 3. The first-order valence-corrected chi connectivity index (χ1v) is 5.74. The van der Waals surface area contributed by atoms with E-state index in [-0.39, 0.29) is 5.56 Å². The van der Waals surface area contributed by atoms with Gasteiger partial charge in [0.2, 0.25) is 0 Å². The van der Waals surface area contributed by atoms with E-state index in [4.69, 9.17) is 10.3 Å². The largest absolute Gasteiger partial charge is 0.478 e. The summed E-state index contributed by atoms with van der Waals surface area (Å²) in [7, 11) is 0. The lowest BCUT2D eigenvalue weighted by atomic mass is 10.2. The second-order valence-electron chi connectivity index (χ2n) is 4.26. The van der Waals surface area contributed by atoms with Gasteiger partial charge in [-0.3, -0.25) is 0 Å². The molecule has 19 heavy (non-hydrogen) atoms. The van der Waals surface area contributed by atoms with Gasteiger partial charge in [0.1, 0.15) is 0 Å². The average Bonchev–Trinajstić information content (AvgIpc) is 2.65. The van der Waals surface area contributed by atoms with Gasteiger partial charge in [-0.15, -0.1) is 0 Å². The molecule has 5 heteroatoms. The maximum absolute atomic E-state index is 10.8. The molecule has 0 fully saturated rings. The third-order valence-corrected chi connectivity index (χ3v) is 3.04. The van der Waals surface area contributed by atoms with Crippen LogP contribution in [0.25, 0.3) is 5.69 Å². The van der Waals surface area contributed by atoms with Crippen LogP contribution in [0.4, 0.5) is 0 Å². The summed E-state index contributed by atoms with van der Waals surface area (Å²) >= 11 is 0. The standard InChI is InChI=1S/C14H14N2O3/c1-9-7-12(8-15-19)10(2)16(9)13-5-3-11(4-6-13)14(17)18/h3-8,19H,1-2H3,(H,17,18)/b15-8+. The molecule has 0 spiro atoms. The zero-order chi connectivity index (χ0) is 14.0. The van der Waals surface area contributed by atoms with Crippen LogP contribution in [-0.2, 0) is 0 Å². The Labute approximate surface area is 110 Å². The highest BCUT2D eigenvalue weighted by Gasteiger charge is 2.10. The van der Waals surface area contributed by atoms with Crippen molar-refractivity contribution in [1.82, 2.24) is 4.57 Å². The van der Waals surface area contributed by atoms with Crippen molar-refractivity contribution in [2.75, 3.05) is 0 Å². The Bertz CT molecular complexity index is 639. The number of benzene rings is 1. The zero-order valence-electron chi connectivity index (χ0n) is 10.7. The van der Waals surface area contributed by atoms with Crippen molar-refractivity contribution in [1.29, 1.82) is 0 Å². The van der Waals surface area contributed by atoms with Crippen LogP contribution >= 0.6 is 0 Å². The number of rotatable bonds is 3. The van der Waals surface area contributed by atoms with Crippen LogP contribution < -0.4 is 0 Å². The lowest BCUT2D eigenvalue weighted by molar-refractivity contribution is 0.0697. The second kappa shape index (κ2) is 4.97. The quantitative estimate of drug-likeness (QED) is 0.505. The molecule has 2 rings (SSSR count). The Balaban J connectivity index is 2.50. The number of nitrogens with zero attached hydrogens (tertiary/aromatic N) is 2. The Morgan fingerprint density at radius 2 is 1.89 bits per heavy atom. The van der Waals surface area contributed by atoms with Gasteiger partial charge in [-0.2, -0.15) is 0 Å². The maximum Gasteiger partial charge on any atom is 0.335 e. The molecule has 0 saturated carbocycles. The molecule has 0 unspecified atom stereocenters. The average molecular weight is 258 g/mol. The van der Waals surface area contributed by atoms with Gasteiger partial charge in [-0.1, -0.05) is 5.16 Å². The van der Waals surface area contributed by atoms with E-state index in [0.717, 1.165) is 22.6 Å². The molecule has 2 N–H and O–H groups in total. The SMILES string of the molecule is Cc1cc(/C=N/O)c(C)n1-c1ccc(C(=O)O)cc1. The highest BCUT2D eigenvalue weighted by Crippen LogP contribution is 2.20. The lowest BCUT2D eigenvalue weighted by Gasteiger charge is -2.09. The predicted molar refractivity (Wildman–Crippen MR) is 71.6 cm³/mol. The first-order chi connectivity index (χ1) is 9.04. The van der Waals surface area contributed by atoms with E-state index >= 15 is 0 Å². The summed E-state index contributed by atoms with van der Waals surface area (Å²) in [6.07, 6.45) is 1.38. The van der Waals surface area contributed by atoms with E-state index < -0.39 is 5.97 Å². The number of carbonyl (C=O) groups is 1. The number of aromatic carboxylic acids is 1. The minimum atomic E-state index is -0.944. The lowest BCUT2D eigenvalue weighted by Crippen LogP contribution is -2.01. The highest BCUT2D eigenvalue weighted by molar-refractivity contribution is 5.87. The van der Waals surface area contributed by atoms with Gasteiger partial charge in [-0.05, 0) is 44.2 Å². The van der Waals surface area contributed by atoms with Gasteiger partial charge in [0, 0.05) is 22.6 Å². The summed E-state index contributed by atoms with van der Waals surface area (Å²) in [4.78, 5) is 10.8. The smallest absolute Gasteiger partial charge is 0.335 e. The molecule has 1 aromatic carbocycles. The van der Waals surface area contributed by atoms with E-state index in [0.29, 0.717) is 0 Å². The molecular weight excluding hydrogens is 244 g/mol. The molecule has 2 aromatic rings. The number of oxime groups is 1. The third-order valence-electron chi connectivity index (χ3n) is 3.04. The van der Waals surface area contributed by atoms with Crippen LogP contribution in [0, 0.1) is 13.8 Å². The molecular formula is C14H14N2O3. The molecule has 0 bridgehead atoms. The summed E-state index contributed by atoms with van der Waals surface area (Å²) in [6, 6.07) is 8.54. The van der Waals surface area contributed by atoms with Gasteiger partial charge < -0.3 is 14.9 Å². The van der Waals surface area contributed by atoms with Crippen LogP contribution in [-0.4, -0.2) is 27.1 Å². The number of carboxylic acids is 1. The van der Waals surface area contributed by atoms with E-state index in [9.17, 15) is 4.79 Å². The minimum Gasteiger partial charge on any atom is -0.478 e. The van der Waals surface area contributed by atoms with Gasteiger partial charge in [0.05, 0.1) is 11.8 Å². The van der Waals surface area contributed by atoms with Crippen LogP contribution in [0.5, 0.6) is 0 Å². The Morgan fingerprint density at radius 3 is 2.42 bits per heavy atom. The van der Waals surface area contributed by atoms with Gasteiger partial charge in [0.25, 0.3) is 0 Å². The summed E-state index contributed by atoms with van der Waals surface area (Å²) in [5.74, 6) is -0.944. The molecule has 1 heterocycles. The van der Waals surface area contributed by atoms with E-state index in [1.807, 2.05) is 24.5 Å². The fourth-order valence-corrected chi connectivity index (χ4v) is 2.13. The van der Waals surface area contributed by atoms with Crippen LogP contribution in [0.2, 0.25) is 0 Å². The number of carboxylic acid groups (broad SMARTS) is 1. The summed E-state index contributed by atoms with van der Waals surface area (Å²) in [5.41, 5.74) is 3.86. The molecule has 0 aliphatic rings. The fraction of sp³-hybridized carbons (Fsp3) is 0.143. The van der Waals surface area contributed by atoms with Gasteiger partial charge in [0.15, 0.2) is 0 Å². The molecule has 0 amide bonds. The molecule has 0 radical (unpaired) electrons. The maximum atomic E-state index is 10.8. The zero-order valence-corrected chi connectivity index (χ0v) is 10.7. The fourth-order valence-electron chi connectivity index (χ4n) is 2.13. The van der Waals surface area contributed by atoms with Crippen molar-refractivity contribution < 1.29 is 15.1 Å². The molecule has 98 valence electrons. The first-order valence-electron chi connectivity index (χ1n) is 5.74. The minimum absolute atomic E-state index is 0.253. The van der Waals surface area contributed by atoms with Crippen LogP contribution in [0.3, 0.4) is 0 Å². The van der Waals surface area contributed by atoms with Crippen molar-refractivity contribution in [3.8, 4) is 5.69 Å². The van der Waals surface area contributed by atoms with Crippen molar-refractivity contribution in [3.63, 3.8) is 0 Å². The molecule has 0 aliphatic heterocycles. The summed E-state index contributed by atoms with van der Waals surface area (Å²) in [6.45, 7) is 3.85. The third kappa shape index (κ3) is 2.35. The molecule has 0 aliphatic carbocycles.